The number of nitrogens with two attached hydrogens (primary N) is 1. The van der Waals surface area contributed by atoms with Gasteiger partial charge in [0.25, 0.3) is 0 Å². The second-order valence-corrected chi connectivity index (χ2v) is 4.85. The van der Waals surface area contributed by atoms with Gasteiger partial charge < -0.3 is 20.3 Å². The molecular weight excluding hydrogens is 301 g/mol. The molecule has 0 aromatic heterocycles. The highest BCUT2D eigenvalue weighted by molar-refractivity contribution is 7.80. The summed E-state index contributed by atoms with van der Waals surface area (Å²) in [4.78, 5) is 16.5. The molecule has 0 aliphatic rings. The highest BCUT2D eigenvalue weighted by Crippen LogP contribution is 2.35. The Morgan fingerprint density at radius 3 is 1.85 bits per heavy atom. The molecule has 0 aliphatic heterocycles. The Morgan fingerprint density at radius 2 is 1.55 bits per heavy atom. The van der Waals surface area contributed by atoms with Gasteiger partial charge in [0, 0.05) is 6.42 Å². The van der Waals surface area contributed by atoms with Crippen LogP contribution in [0, 0.1) is 0 Å². The van der Waals surface area contributed by atoms with E-state index in [-0.39, 0.29) is 6.61 Å². The van der Waals surface area contributed by atoms with Crippen LogP contribution in [-0.2, 0) is 13.8 Å². The fraction of sp³-hybridized carbons (Fsp3) is 0.417. The van der Waals surface area contributed by atoms with E-state index in [4.69, 9.17) is 22.0 Å². The summed E-state index contributed by atoms with van der Waals surface area (Å²) in [5, 5.41) is 0.407. The first-order chi connectivity index (χ1) is 9.45. The van der Waals surface area contributed by atoms with Crippen molar-refractivity contribution in [2.24, 2.45) is 5.73 Å². The summed E-state index contributed by atoms with van der Waals surface area (Å²) in [7, 11) is -1.37. The van der Waals surface area contributed by atoms with E-state index in [1.165, 1.54) is 14.2 Å². The largest absolute Gasteiger partial charge is 0.490 e. The van der Waals surface area contributed by atoms with Gasteiger partial charge in [-0.25, -0.2) is 4.57 Å². The van der Waals surface area contributed by atoms with Gasteiger partial charge in [0.1, 0.15) is 0 Å². The molecule has 1 aromatic carbocycles. The van der Waals surface area contributed by atoms with Gasteiger partial charge in [0.05, 0.1) is 13.7 Å². The molecule has 6 nitrogen and oxygen atoms in total. The zero-order chi connectivity index (χ0) is 15.9. The van der Waals surface area contributed by atoms with Crippen molar-refractivity contribution in [3.63, 3.8) is 0 Å². The summed E-state index contributed by atoms with van der Waals surface area (Å²) in [5.41, 5.74) is 4.50. The number of rotatable bonds is 5. The molecule has 0 amide bonds. The molecule has 4 N–H and O–H groups in total. The summed E-state index contributed by atoms with van der Waals surface area (Å²) < 4.78 is 19.0. The van der Waals surface area contributed by atoms with Crippen LogP contribution < -0.4 is 5.73 Å². The zero-order valence-corrected chi connectivity index (χ0v) is 13.3. The normalized spacial score (nSPS) is 9.45. The SMILES string of the molecule is CN.COC(=S)CCCOP(=O)(O)O.c1ccccc1. The molecule has 0 atom stereocenters. The van der Waals surface area contributed by atoms with Gasteiger partial charge >= 0.3 is 7.82 Å². The fourth-order valence-corrected chi connectivity index (χ4v) is 1.40. The Kier molecular flexibility index (Phi) is 15.7. The van der Waals surface area contributed by atoms with Crippen molar-refractivity contribution in [1.29, 1.82) is 0 Å². The Labute approximate surface area is 125 Å². The van der Waals surface area contributed by atoms with E-state index in [2.05, 4.69) is 15.0 Å². The maximum Gasteiger partial charge on any atom is 0.469 e. The number of methoxy groups -OCH3 is 1. The molecule has 0 saturated heterocycles. The lowest BCUT2D eigenvalue weighted by molar-refractivity contribution is 0.195. The third kappa shape index (κ3) is 19.5. The van der Waals surface area contributed by atoms with Crippen molar-refractivity contribution >= 4 is 25.1 Å². The van der Waals surface area contributed by atoms with E-state index in [0.717, 1.165) is 0 Å². The average Bonchev–Trinajstić information content (AvgIpc) is 2.47. The van der Waals surface area contributed by atoms with Crippen LogP contribution in [0.5, 0.6) is 0 Å². The quantitative estimate of drug-likeness (QED) is 0.433. The third-order valence-electron chi connectivity index (χ3n) is 1.68. The Hall–Kier alpha value is -0.820. The second-order valence-electron chi connectivity index (χ2n) is 3.16. The first kappa shape index (κ1) is 21.5. The van der Waals surface area contributed by atoms with Crippen LogP contribution in [0.25, 0.3) is 0 Å². The van der Waals surface area contributed by atoms with E-state index in [1.54, 1.807) is 0 Å². The molecule has 0 radical (unpaired) electrons. The van der Waals surface area contributed by atoms with Crippen LogP contribution >= 0.6 is 20.0 Å². The van der Waals surface area contributed by atoms with Gasteiger partial charge in [-0.1, -0.05) is 36.4 Å². The predicted octanol–water partition coefficient (Wildman–Crippen LogP) is 2.11. The third-order valence-corrected chi connectivity index (χ3v) is 2.57. The smallest absolute Gasteiger partial charge is 0.469 e. The zero-order valence-electron chi connectivity index (χ0n) is 11.6. The van der Waals surface area contributed by atoms with Crippen LogP contribution in [0.2, 0.25) is 0 Å². The summed E-state index contributed by atoms with van der Waals surface area (Å²) in [6, 6.07) is 12.0. The maximum absolute atomic E-state index is 10.2. The van der Waals surface area contributed by atoms with Gasteiger partial charge in [0.15, 0.2) is 5.05 Å². The number of phosphoric ester groups is 1. The Bertz CT molecular complexity index is 345. The van der Waals surface area contributed by atoms with Crippen LogP contribution in [-0.4, -0.2) is 35.6 Å². The van der Waals surface area contributed by atoms with E-state index in [9.17, 15) is 4.57 Å². The molecule has 8 heteroatoms. The van der Waals surface area contributed by atoms with Crippen molar-refractivity contribution in [2.45, 2.75) is 12.8 Å². The van der Waals surface area contributed by atoms with Crippen molar-refractivity contribution in [1.82, 2.24) is 0 Å². The van der Waals surface area contributed by atoms with Gasteiger partial charge in [0.2, 0.25) is 0 Å². The minimum absolute atomic E-state index is 0.0201. The lowest BCUT2D eigenvalue weighted by Gasteiger charge is -2.04. The van der Waals surface area contributed by atoms with Crippen LogP contribution in [0.3, 0.4) is 0 Å². The van der Waals surface area contributed by atoms with Crippen LogP contribution in [0.15, 0.2) is 36.4 Å². The summed E-state index contributed by atoms with van der Waals surface area (Å²) in [5.74, 6) is 0. The minimum atomic E-state index is -4.32. The van der Waals surface area contributed by atoms with Crippen LogP contribution in [0.4, 0.5) is 0 Å². The molecule has 0 heterocycles. The average molecular weight is 323 g/mol. The second kappa shape index (κ2) is 14.6. The number of hydrogen-bond donors (Lipinski definition) is 3. The predicted molar refractivity (Wildman–Crippen MR) is 83.4 cm³/mol. The summed E-state index contributed by atoms with van der Waals surface area (Å²) in [6.07, 6.45) is 0.906. The number of phosphoric acid groups is 1. The molecule has 0 unspecified atom stereocenters. The molecule has 116 valence electrons. The molecule has 0 bridgehead atoms. The number of ether oxygens (including phenoxy) is 1. The molecule has 0 spiro atoms. The monoisotopic (exact) mass is 323 g/mol. The van der Waals surface area contributed by atoms with Gasteiger partial charge in [-0.3, -0.25) is 4.52 Å². The molecule has 20 heavy (non-hydrogen) atoms. The first-order valence-electron chi connectivity index (χ1n) is 5.80. The number of thiocarbonyl (C=S) groups is 1. The first-order valence-corrected chi connectivity index (χ1v) is 7.74. The van der Waals surface area contributed by atoms with Crippen molar-refractivity contribution in [3.8, 4) is 0 Å². The van der Waals surface area contributed by atoms with Crippen molar-refractivity contribution in [3.05, 3.63) is 36.4 Å². The molecule has 0 saturated carbocycles. The molecule has 1 rings (SSSR count). The standard InChI is InChI=1S/C6H6.C5H11O5PS.CH5N/c1-2-4-6-5-3-1;1-9-5(12)3-2-4-10-11(6,7)8;1-2/h1-6H;2-4H2,1H3,(H2,6,7,8);2H2,1H3. The topological polar surface area (TPSA) is 102 Å². The van der Waals surface area contributed by atoms with E-state index >= 15 is 0 Å². The van der Waals surface area contributed by atoms with Crippen molar-refractivity contribution in [2.75, 3.05) is 20.8 Å². The van der Waals surface area contributed by atoms with Crippen molar-refractivity contribution < 1.29 is 23.6 Å². The lowest BCUT2D eigenvalue weighted by atomic mass is 10.3. The maximum atomic E-state index is 10.2. The highest BCUT2D eigenvalue weighted by Gasteiger charge is 2.12. The molecule has 0 fully saturated rings. The lowest BCUT2D eigenvalue weighted by Crippen LogP contribution is -2.00. The summed E-state index contributed by atoms with van der Waals surface area (Å²) in [6.45, 7) is -0.0201. The fourth-order valence-electron chi connectivity index (χ4n) is 0.887. The Morgan fingerprint density at radius 1 is 1.15 bits per heavy atom. The minimum Gasteiger partial charge on any atom is -0.490 e. The molecule has 1 aromatic rings. The van der Waals surface area contributed by atoms with Gasteiger partial charge in [-0.2, -0.15) is 0 Å². The molecular formula is C12H22NO5PS. The highest BCUT2D eigenvalue weighted by atomic mass is 32.1. The summed E-state index contributed by atoms with van der Waals surface area (Å²) >= 11 is 4.69. The van der Waals surface area contributed by atoms with Gasteiger partial charge in [-0.05, 0) is 25.7 Å². The van der Waals surface area contributed by atoms with Crippen LogP contribution in [0.1, 0.15) is 12.8 Å². The molecule has 0 aliphatic carbocycles. The number of benzene rings is 1. The Balaban J connectivity index is 0. The van der Waals surface area contributed by atoms with E-state index < -0.39 is 7.82 Å². The van der Waals surface area contributed by atoms with E-state index in [0.29, 0.717) is 17.9 Å². The number of hydrogen-bond acceptors (Lipinski definition) is 5. The van der Waals surface area contributed by atoms with E-state index in [1.807, 2.05) is 36.4 Å². The van der Waals surface area contributed by atoms with Gasteiger partial charge in [-0.15, -0.1) is 0 Å².